The maximum absolute atomic E-state index is 13.3. The Morgan fingerprint density at radius 1 is 0.576 bits per heavy atom. The van der Waals surface area contributed by atoms with Crippen LogP contribution in [-0.2, 0) is 52.8 Å². The maximum Gasteiger partial charge on any atom is 0.333 e. The summed E-state index contributed by atoms with van der Waals surface area (Å²) >= 11 is 2.08. The summed E-state index contributed by atoms with van der Waals surface area (Å²) in [7, 11) is 0. The number of hydroxylamine groups is 2. The van der Waals surface area contributed by atoms with Crippen LogP contribution in [0.2, 0.25) is 0 Å². The molecule has 7 N–H and O–H groups in total. The van der Waals surface area contributed by atoms with Gasteiger partial charge in [-0.1, -0.05) is 6.07 Å². The van der Waals surface area contributed by atoms with E-state index in [1.165, 1.54) is 14.7 Å². The first kappa shape index (κ1) is 56.3. The Morgan fingerprint density at radius 2 is 1.08 bits per heavy atom. The summed E-state index contributed by atoms with van der Waals surface area (Å²) in [4.78, 5) is 142. The summed E-state index contributed by atoms with van der Waals surface area (Å²) in [5.41, 5.74) is 0.475. The Balaban J connectivity index is 1.79. The Labute approximate surface area is 394 Å². The lowest BCUT2D eigenvalue weighted by molar-refractivity contribution is -0.197. The van der Waals surface area contributed by atoms with Gasteiger partial charge in [-0.2, -0.15) is 0 Å². The average Bonchev–Trinajstić information content (AvgIpc) is 3.55. The molecule has 0 unspecified atom stereocenters. The van der Waals surface area contributed by atoms with Crippen LogP contribution < -0.4 is 16.0 Å². The van der Waals surface area contributed by atoms with Crippen molar-refractivity contribution in [2.24, 2.45) is 0 Å². The summed E-state index contributed by atoms with van der Waals surface area (Å²) in [5, 5.41) is 46.7. The van der Waals surface area contributed by atoms with Crippen molar-refractivity contribution in [1.29, 1.82) is 0 Å². The zero-order chi connectivity index (χ0) is 49.0. The van der Waals surface area contributed by atoms with Crippen molar-refractivity contribution in [3.8, 4) is 0 Å². The van der Waals surface area contributed by atoms with Crippen LogP contribution >= 0.6 is 22.6 Å². The topological polar surface area (TPSA) is 330 Å². The Bertz CT molecular complexity index is 1850. The highest BCUT2D eigenvalue weighted by Crippen LogP contribution is 2.14. The number of imide groups is 1. The van der Waals surface area contributed by atoms with Gasteiger partial charge in [0.2, 0.25) is 17.7 Å². The predicted octanol–water partition coefficient (Wildman–Crippen LogP) is -0.946. The molecule has 366 valence electrons. The summed E-state index contributed by atoms with van der Waals surface area (Å²) < 4.78 is 0.884. The number of hydrogen-bond donors (Lipinski definition) is 7. The van der Waals surface area contributed by atoms with Gasteiger partial charge in [-0.3, -0.25) is 62.6 Å². The van der Waals surface area contributed by atoms with Crippen molar-refractivity contribution >= 4 is 87.9 Å². The second-order valence-corrected chi connectivity index (χ2v) is 16.5. The van der Waals surface area contributed by atoms with Crippen molar-refractivity contribution in [3.05, 3.63) is 33.4 Å². The van der Waals surface area contributed by atoms with Gasteiger partial charge < -0.3 is 46.1 Å². The number of unbranched alkanes of at least 4 members (excludes halogenated alkanes) is 3. The number of benzene rings is 1. The van der Waals surface area contributed by atoms with Gasteiger partial charge in [0, 0.05) is 87.2 Å². The molecule has 66 heavy (non-hydrogen) atoms. The third kappa shape index (κ3) is 25.0. The first-order valence-corrected chi connectivity index (χ1v) is 22.4. The van der Waals surface area contributed by atoms with E-state index >= 15 is 0 Å². The van der Waals surface area contributed by atoms with E-state index in [4.69, 9.17) is 4.84 Å². The van der Waals surface area contributed by atoms with E-state index in [-0.39, 0.29) is 89.9 Å². The van der Waals surface area contributed by atoms with Crippen molar-refractivity contribution in [2.75, 3.05) is 91.6 Å². The Kier molecular flexibility index (Phi) is 26.6. The van der Waals surface area contributed by atoms with E-state index < -0.39 is 86.2 Å². The fourth-order valence-corrected chi connectivity index (χ4v) is 6.90. The monoisotopic (exact) mass is 1050 g/mol. The second kappa shape index (κ2) is 31.2. The summed E-state index contributed by atoms with van der Waals surface area (Å²) in [6, 6.07) is 6.97. The number of amides is 6. The highest BCUT2D eigenvalue weighted by molar-refractivity contribution is 14.1. The molecule has 0 saturated carbocycles. The van der Waals surface area contributed by atoms with Gasteiger partial charge in [-0.15, -0.1) is 5.06 Å². The van der Waals surface area contributed by atoms with Crippen LogP contribution in [0, 0.1) is 3.57 Å². The SMILES string of the molecule is O=C(O)CN(CCN(CC(=O)O)CC(=O)NCCCCNC(=O)CCCCC(=O)ON1C(=O)CCC1=O)CCN(CC(=O)O)CC(=O)N(CCCCNC(=O)c1cccc(I)c1)CC(=O)O. The molecule has 24 nitrogen and oxygen atoms in total. The average molecular weight is 1050 g/mol. The molecule has 6 amide bonds. The Hall–Kier alpha value is -5.80. The molecule has 1 aliphatic heterocycles. The van der Waals surface area contributed by atoms with E-state index in [9.17, 15) is 73.2 Å². The summed E-state index contributed by atoms with van der Waals surface area (Å²) in [6.45, 7) is -2.83. The molecule has 1 aromatic carbocycles. The van der Waals surface area contributed by atoms with Crippen LogP contribution in [-0.4, -0.2) is 202 Å². The molecule has 1 aliphatic rings. The van der Waals surface area contributed by atoms with Gasteiger partial charge >= 0.3 is 29.8 Å². The first-order chi connectivity index (χ1) is 31.3. The van der Waals surface area contributed by atoms with Gasteiger partial charge in [-0.05, 0) is 79.3 Å². The number of carboxylic acid groups (broad SMARTS) is 4. The minimum Gasteiger partial charge on any atom is -0.480 e. The summed E-state index contributed by atoms with van der Waals surface area (Å²) in [5.74, 6) is -8.72. The molecule has 1 saturated heterocycles. The fourth-order valence-electron chi connectivity index (χ4n) is 6.36. The summed E-state index contributed by atoms with van der Waals surface area (Å²) in [6.07, 6.45) is 2.39. The molecule has 0 atom stereocenters. The second-order valence-electron chi connectivity index (χ2n) is 15.2. The Morgan fingerprint density at radius 3 is 1.65 bits per heavy atom. The molecule has 0 aromatic heterocycles. The number of halogens is 1. The number of rotatable bonds is 35. The molecule has 0 spiro atoms. The zero-order valence-electron chi connectivity index (χ0n) is 36.6. The van der Waals surface area contributed by atoms with Gasteiger partial charge in [0.1, 0.15) is 6.54 Å². The zero-order valence-corrected chi connectivity index (χ0v) is 38.7. The number of hydrogen-bond acceptors (Lipinski definition) is 15. The minimum absolute atomic E-state index is 0.00371. The molecule has 1 fully saturated rings. The molecule has 2 rings (SSSR count). The fraction of sp³-hybridized carbons (Fsp3) is 0.585. The van der Waals surface area contributed by atoms with E-state index in [0.29, 0.717) is 55.7 Å². The molecule has 1 heterocycles. The van der Waals surface area contributed by atoms with Crippen LogP contribution in [0.5, 0.6) is 0 Å². The molecular weight excluding hydrogens is 987 g/mol. The lowest BCUT2D eigenvalue weighted by Gasteiger charge is -2.29. The van der Waals surface area contributed by atoms with Gasteiger partial charge in [0.15, 0.2) is 0 Å². The molecule has 1 aromatic rings. The number of carbonyl (C=O) groups is 11. The highest BCUT2D eigenvalue weighted by Gasteiger charge is 2.32. The van der Waals surface area contributed by atoms with Crippen molar-refractivity contribution in [2.45, 2.75) is 64.2 Å². The number of carbonyl (C=O) groups excluding carboxylic acids is 7. The van der Waals surface area contributed by atoms with Crippen LogP contribution in [0.4, 0.5) is 0 Å². The molecule has 0 aliphatic carbocycles. The van der Waals surface area contributed by atoms with Crippen LogP contribution in [0.15, 0.2) is 24.3 Å². The first-order valence-electron chi connectivity index (χ1n) is 21.3. The number of nitrogens with one attached hydrogen (secondary N) is 3. The van der Waals surface area contributed by atoms with Crippen molar-refractivity contribution in [1.82, 2.24) is 40.6 Å². The quantitative estimate of drug-likeness (QED) is 0.0245. The predicted molar refractivity (Wildman–Crippen MR) is 238 cm³/mol. The third-order valence-electron chi connectivity index (χ3n) is 9.66. The molecule has 25 heteroatoms. The molecule has 0 radical (unpaired) electrons. The van der Waals surface area contributed by atoms with Gasteiger partial charge in [-0.25, -0.2) is 4.79 Å². The van der Waals surface area contributed by atoms with Crippen molar-refractivity contribution < 1.29 is 78.0 Å². The normalized spacial score (nSPS) is 12.3. The largest absolute Gasteiger partial charge is 0.480 e. The lowest BCUT2D eigenvalue weighted by atomic mass is 10.2. The highest BCUT2D eigenvalue weighted by atomic mass is 127. The van der Waals surface area contributed by atoms with E-state index in [1.807, 2.05) is 6.07 Å². The lowest BCUT2D eigenvalue weighted by Crippen LogP contribution is -2.48. The molecular formula is C41H59IN8O16. The van der Waals surface area contributed by atoms with Gasteiger partial charge in [0.05, 0.1) is 32.7 Å². The maximum atomic E-state index is 13.3. The molecule has 0 bridgehead atoms. The third-order valence-corrected chi connectivity index (χ3v) is 10.3. The number of nitrogens with zero attached hydrogens (tertiary/aromatic N) is 5. The standard InChI is InChI=1S/C41H59IN8O16/c42-30-9-7-8-29(22-30)41(65)45-16-5-6-17-49(28-39(62)63)35(55)24-48(27-38(60)61)21-19-46(25-36(56)57)18-20-47(26-37(58)59)23-32(52)44-15-4-3-14-43-31(51)10-1-2-11-40(64)66-50-33(53)12-13-34(50)54/h7-9,22H,1-6,10-21,23-28H2,(H,43,51)(H,44,52)(H,45,65)(H,56,57)(H,58,59)(H,60,61)(H,62,63). The smallest absolute Gasteiger partial charge is 0.333 e. The number of carboxylic acids is 4. The van der Waals surface area contributed by atoms with E-state index in [1.54, 1.807) is 18.2 Å². The van der Waals surface area contributed by atoms with Crippen molar-refractivity contribution in [3.63, 3.8) is 0 Å². The van der Waals surface area contributed by atoms with Crippen LogP contribution in [0.1, 0.15) is 74.6 Å². The van der Waals surface area contributed by atoms with Crippen LogP contribution in [0.3, 0.4) is 0 Å². The minimum atomic E-state index is -1.30. The number of aliphatic carboxylic acids is 4. The van der Waals surface area contributed by atoms with Crippen LogP contribution in [0.25, 0.3) is 0 Å². The van der Waals surface area contributed by atoms with E-state index in [0.717, 1.165) is 8.47 Å². The van der Waals surface area contributed by atoms with E-state index in [2.05, 4.69) is 38.5 Å². The van der Waals surface area contributed by atoms with Gasteiger partial charge in [0.25, 0.3) is 17.7 Å².